The Morgan fingerprint density at radius 2 is 2.17 bits per heavy atom. The van der Waals surface area contributed by atoms with Gasteiger partial charge in [0, 0.05) is 13.1 Å². The lowest BCUT2D eigenvalue weighted by Gasteiger charge is -2.19. The molecule has 0 saturated heterocycles. The van der Waals surface area contributed by atoms with Gasteiger partial charge in [-0.15, -0.1) is 0 Å². The van der Waals surface area contributed by atoms with Crippen molar-refractivity contribution in [1.82, 2.24) is 9.97 Å². The van der Waals surface area contributed by atoms with E-state index in [0.29, 0.717) is 10.8 Å². The van der Waals surface area contributed by atoms with E-state index >= 15 is 0 Å². The van der Waals surface area contributed by atoms with Crippen molar-refractivity contribution < 1.29 is 9.53 Å². The predicted octanol–water partition coefficient (Wildman–Crippen LogP) is 1.53. The molecule has 0 unspecified atom stereocenters. The predicted molar refractivity (Wildman–Crippen MR) is 72.6 cm³/mol. The first kappa shape index (κ1) is 14.6. The van der Waals surface area contributed by atoms with Crippen LogP contribution in [0.25, 0.3) is 0 Å². The summed E-state index contributed by atoms with van der Waals surface area (Å²) < 4.78 is 5.20. The van der Waals surface area contributed by atoms with Crippen LogP contribution in [-0.4, -0.2) is 34.3 Å². The highest BCUT2D eigenvalue weighted by atomic mass is 32.2. The van der Waals surface area contributed by atoms with E-state index in [1.54, 1.807) is 13.1 Å². The maximum atomic E-state index is 11.5. The van der Waals surface area contributed by atoms with Crippen LogP contribution < -0.4 is 11.1 Å². The molecular formula is C11H18N4O2S. The number of thioether (sulfide) groups is 1. The molecule has 0 spiro atoms. The van der Waals surface area contributed by atoms with Crippen molar-refractivity contribution in [2.45, 2.75) is 31.4 Å². The van der Waals surface area contributed by atoms with Crippen LogP contribution in [0.1, 0.15) is 20.8 Å². The summed E-state index contributed by atoms with van der Waals surface area (Å²) >= 11 is 1.27. The number of nitrogens with one attached hydrogen (secondary N) is 1. The van der Waals surface area contributed by atoms with Crippen LogP contribution in [0, 0.1) is 0 Å². The molecule has 0 aliphatic heterocycles. The van der Waals surface area contributed by atoms with Gasteiger partial charge in [0.2, 0.25) is 5.95 Å². The van der Waals surface area contributed by atoms with Gasteiger partial charge >= 0.3 is 5.97 Å². The highest BCUT2D eigenvalue weighted by Gasteiger charge is 2.16. The zero-order chi connectivity index (χ0) is 13.8. The number of hydrogen-bond donors (Lipinski definition) is 2. The molecule has 0 aliphatic carbocycles. The van der Waals surface area contributed by atoms with E-state index < -0.39 is 5.60 Å². The summed E-state index contributed by atoms with van der Waals surface area (Å²) in [7, 11) is 1.74. The largest absolute Gasteiger partial charge is 0.459 e. The molecule has 6 nitrogen and oxygen atoms in total. The molecular weight excluding hydrogens is 252 g/mol. The van der Waals surface area contributed by atoms with Crippen molar-refractivity contribution in [2.75, 3.05) is 23.9 Å². The normalized spacial score (nSPS) is 11.1. The quantitative estimate of drug-likeness (QED) is 0.487. The van der Waals surface area contributed by atoms with Gasteiger partial charge in [-0.05, 0) is 20.8 Å². The third-order valence-corrected chi connectivity index (χ3v) is 2.62. The number of carbonyl (C=O) groups excluding carboxylic acids is 1. The van der Waals surface area contributed by atoms with Gasteiger partial charge in [0.25, 0.3) is 0 Å². The van der Waals surface area contributed by atoms with Gasteiger partial charge in [0.05, 0.1) is 5.75 Å². The second-order valence-electron chi connectivity index (χ2n) is 4.57. The van der Waals surface area contributed by atoms with Crippen molar-refractivity contribution >= 4 is 29.5 Å². The fourth-order valence-electron chi connectivity index (χ4n) is 1.15. The summed E-state index contributed by atoms with van der Waals surface area (Å²) in [5, 5.41) is 3.51. The average Bonchev–Trinajstić information content (AvgIpc) is 2.23. The van der Waals surface area contributed by atoms with Gasteiger partial charge in [-0.25, -0.2) is 4.98 Å². The van der Waals surface area contributed by atoms with Crippen LogP contribution in [0.5, 0.6) is 0 Å². The molecule has 0 aromatic carbocycles. The van der Waals surface area contributed by atoms with Gasteiger partial charge in [0.15, 0.2) is 0 Å². The highest BCUT2D eigenvalue weighted by molar-refractivity contribution is 7.99. The minimum Gasteiger partial charge on any atom is -0.459 e. The number of carbonyl (C=O) groups is 1. The van der Waals surface area contributed by atoms with Gasteiger partial charge < -0.3 is 15.8 Å². The molecule has 18 heavy (non-hydrogen) atoms. The lowest BCUT2D eigenvalue weighted by Crippen LogP contribution is -2.24. The Morgan fingerprint density at radius 1 is 1.50 bits per heavy atom. The van der Waals surface area contributed by atoms with Crippen LogP contribution in [-0.2, 0) is 9.53 Å². The van der Waals surface area contributed by atoms with Crippen molar-refractivity contribution in [3.63, 3.8) is 0 Å². The molecule has 3 N–H and O–H groups in total. The molecule has 0 amide bonds. The SMILES string of the molecule is CNc1cc(SCC(=O)OC(C)(C)C)nc(N)n1. The molecule has 0 fully saturated rings. The van der Waals surface area contributed by atoms with E-state index in [-0.39, 0.29) is 17.7 Å². The fourth-order valence-corrected chi connectivity index (χ4v) is 1.83. The monoisotopic (exact) mass is 270 g/mol. The Balaban J connectivity index is 2.58. The van der Waals surface area contributed by atoms with E-state index in [9.17, 15) is 4.79 Å². The standard InChI is InChI=1S/C11H18N4O2S/c1-11(2,3)17-9(16)6-18-8-5-7(13-4)14-10(12)15-8/h5H,6H2,1-4H3,(H3,12,13,14,15). The first-order chi connectivity index (χ1) is 8.30. The topological polar surface area (TPSA) is 90.1 Å². The van der Waals surface area contributed by atoms with Crippen molar-refractivity contribution in [3.8, 4) is 0 Å². The van der Waals surface area contributed by atoms with Crippen LogP contribution in [0.3, 0.4) is 0 Å². The molecule has 0 bridgehead atoms. The Labute approximate surface area is 111 Å². The zero-order valence-corrected chi connectivity index (χ0v) is 11.8. The van der Waals surface area contributed by atoms with Crippen molar-refractivity contribution in [3.05, 3.63) is 6.07 Å². The van der Waals surface area contributed by atoms with Crippen LogP contribution in [0.2, 0.25) is 0 Å². The molecule has 1 rings (SSSR count). The summed E-state index contributed by atoms with van der Waals surface area (Å²) in [4.78, 5) is 19.5. The number of esters is 1. The lowest BCUT2D eigenvalue weighted by atomic mass is 10.2. The molecule has 7 heteroatoms. The van der Waals surface area contributed by atoms with Crippen molar-refractivity contribution in [1.29, 1.82) is 0 Å². The molecule has 100 valence electrons. The molecule has 0 saturated carbocycles. The highest BCUT2D eigenvalue weighted by Crippen LogP contribution is 2.20. The number of anilines is 2. The third kappa shape index (κ3) is 5.22. The lowest BCUT2D eigenvalue weighted by molar-refractivity contribution is -0.151. The van der Waals surface area contributed by atoms with E-state index in [1.807, 2.05) is 20.8 Å². The van der Waals surface area contributed by atoms with Gasteiger partial charge in [0.1, 0.15) is 16.4 Å². The minimum absolute atomic E-state index is 0.175. The number of ether oxygens (including phenoxy) is 1. The second kappa shape index (κ2) is 5.90. The van der Waals surface area contributed by atoms with Crippen LogP contribution in [0.4, 0.5) is 11.8 Å². The Hall–Kier alpha value is -1.50. The van der Waals surface area contributed by atoms with Gasteiger partial charge in [-0.3, -0.25) is 4.79 Å². The molecule has 1 heterocycles. The molecule has 0 aliphatic rings. The summed E-state index contributed by atoms with van der Waals surface area (Å²) in [6.07, 6.45) is 0. The number of aromatic nitrogens is 2. The Bertz CT molecular complexity index is 432. The van der Waals surface area contributed by atoms with Gasteiger partial charge in [-0.1, -0.05) is 11.8 Å². The Morgan fingerprint density at radius 3 is 2.72 bits per heavy atom. The van der Waals surface area contributed by atoms with Crippen molar-refractivity contribution in [2.24, 2.45) is 0 Å². The molecule has 0 atom stereocenters. The maximum Gasteiger partial charge on any atom is 0.316 e. The smallest absolute Gasteiger partial charge is 0.316 e. The molecule has 1 aromatic rings. The van der Waals surface area contributed by atoms with E-state index in [2.05, 4.69) is 15.3 Å². The molecule has 1 aromatic heterocycles. The zero-order valence-electron chi connectivity index (χ0n) is 11.0. The summed E-state index contributed by atoms with van der Waals surface area (Å²) in [5.41, 5.74) is 5.08. The summed E-state index contributed by atoms with van der Waals surface area (Å²) in [6.45, 7) is 5.49. The van der Waals surface area contributed by atoms with E-state index in [4.69, 9.17) is 10.5 Å². The second-order valence-corrected chi connectivity index (χ2v) is 5.57. The number of nitrogen functional groups attached to an aromatic ring is 1. The first-order valence-electron chi connectivity index (χ1n) is 5.47. The number of rotatable bonds is 4. The Kier molecular flexibility index (Phi) is 4.77. The van der Waals surface area contributed by atoms with E-state index in [1.165, 1.54) is 11.8 Å². The average molecular weight is 270 g/mol. The third-order valence-electron chi connectivity index (χ3n) is 1.73. The molecule has 0 radical (unpaired) electrons. The summed E-state index contributed by atoms with van der Waals surface area (Å²) in [6, 6.07) is 1.73. The number of hydrogen-bond acceptors (Lipinski definition) is 7. The first-order valence-corrected chi connectivity index (χ1v) is 6.45. The summed E-state index contributed by atoms with van der Waals surface area (Å²) in [5.74, 6) is 0.704. The minimum atomic E-state index is -0.474. The number of nitrogens with zero attached hydrogens (tertiary/aromatic N) is 2. The van der Waals surface area contributed by atoms with Crippen LogP contribution in [0.15, 0.2) is 11.1 Å². The van der Waals surface area contributed by atoms with E-state index in [0.717, 1.165) is 0 Å². The fraction of sp³-hybridized carbons (Fsp3) is 0.545. The number of nitrogens with two attached hydrogens (primary N) is 1. The maximum absolute atomic E-state index is 11.5. The van der Waals surface area contributed by atoms with Gasteiger partial charge in [-0.2, -0.15) is 4.98 Å². The van der Waals surface area contributed by atoms with Crippen LogP contribution >= 0.6 is 11.8 Å².